The van der Waals surface area contributed by atoms with Gasteiger partial charge in [-0.05, 0) is 100 Å². The first-order valence-corrected chi connectivity index (χ1v) is 18.8. The third kappa shape index (κ3) is 3.91. The molecule has 0 fully saturated rings. The third-order valence-corrected chi connectivity index (χ3v) is 12.1. The Morgan fingerprint density at radius 3 is 1.87 bits per heavy atom. The number of aromatic nitrogens is 2. The Bertz CT molecular complexity index is 3350. The van der Waals surface area contributed by atoms with Gasteiger partial charge in [-0.1, -0.05) is 117 Å². The molecule has 0 aliphatic heterocycles. The van der Waals surface area contributed by atoms with E-state index in [1.165, 1.54) is 88.4 Å². The van der Waals surface area contributed by atoms with Crippen LogP contribution in [0.25, 0.3) is 99.2 Å². The number of hydrogen-bond donors (Lipinski definition) is 0. The number of para-hydroxylation sites is 4. The molecule has 1 aliphatic rings. The molecule has 0 spiro atoms. The van der Waals surface area contributed by atoms with Gasteiger partial charge in [-0.3, -0.25) is 0 Å². The summed E-state index contributed by atoms with van der Waals surface area (Å²) in [5.41, 5.74) is 16.7. The van der Waals surface area contributed by atoms with Crippen LogP contribution in [0.5, 0.6) is 0 Å². The number of hydrogen-bond acceptors (Lipinski definition) is 1. The first kappa shape index (κ1) is 29.7. The molecular weight excluding hydrogens is 657 g/mol. The first-order chi connectivity index (χ1) is 26.5. The molecule has 54 heavy (non-hydrogen) atoms. The van der Waals surface area contributed by atoms with Crippen molar-refractivity contribution in [2.24, 2.45) is 0 Å². The summed E-state index contributed by atoms with van der Waals surface area (Å²) in [7, 11) is 0. The number of nitrogens with zero attached hydrogens (tertiary/aromatic N) is 2. The molecule has 3 heterocycles. The summed E-state index contributed by atoms with van der Waals surface area (Å²) >= 11 is 0. The Hall–Kier alpha value is -6.84. The minimum Gasteiger partial charge on any atom is -0.456 e. The standard InChI is InChI=1S/C51H34N2O/c1-51(2)42-29-32(31-21-27-48-41(28-31)38-15-8-11-19-47(38)54-48)20-23-35(42)36-24-22-34(30-43(36)51)52-45-18-10-7-16-40(45)49-46(52)26-25-39-37-14-6-9-17-44(37)53(50(39)49)33-12-4-3-5-13-33/h3-30H,1-2H3. The van der Waals surface area contributed by atoms with E-state index in [4.69, 9.17) is 4.42 Å². The van der Waals surface area contributed by atoms with Crippen LogP contribution in [0, 0.1) is 0 Å². The highest BCUT2D eigenvalue weighted by atomic mass is 16.3. The summed E-state index contributed by atoms with van der Waals surface area (Å²) in [4.78, 5) is 0. The lowest BCUT2D eigenvalue weighted by Crippen LogP contribution is -2.15. The first-order valence-electron chi connectivity index (χ1n) is 18.8. The summed E-state index contributed by atoms with van der Waals surface area (Å²) in [6.07, 6.45) is 0. The summed E-state index contributed by atoms with van der Waals surface area (Å²) in [6, 6.07) is 62.2. The molecule has 0 radical (unpaired) electrons. The molecule has 12 rings (SSSR count). The van der Waals surface area contributed by atoms with E-state index >= 15 is 0 Å². The van der Waals surface area contributed by atoms with Crippen LogP contribution in [-0.4, -0.2) is 9.13 Å². The maximum atomic E-state index is 6.15. The van der Waals surface area contributed by atoms with E-state index in [2.05, 4.69) is 181 Å². The lowest BCUT2D eigenvalue weighted by molar-refractivity contribution is 0.660. The summed E-state index contributed by atoms with van der Waals surface area (Å²) in [5.74, 6) is 0. The van der Waals surface area contributed by atoms with Gasteiger partial charge in [0, 0.05) is 49.1 Å². The molecule has 0 saturated carbocycles. The van der Waals surface area contributed by atoms with E-state index in [1.54, 1.807) is 0 Å². The zero-order chi connectivity index (χ0) is 35.7. The predicted molar refractivity (Wildman–Crippen MR) is 225 cm³/mol. The Kier molecular flexibility index (Phi) is 5.84. The molecule has 3 heteroatoms. The van der Waals surface area contributed by atoms with Crippen LogP contribution in [0.15, 0.2) is 174 Å². The van der Waals surface area contributed by atoms with Crippen molar-refractivity contribution < 1.29 is 4.42 Å². The molecular formula is C51H34N2O. The number of fused-ring (bicyclic) bond motifs is 13. The van der Waals surface area contributed by atoms with Gasteiger partial charge in [-0.2, -0.15) is 0 Å². The lowest BCUT2D eigenvalue weighted by atomic mass is 9.81. The van der Waals surface area contributed by atoms with Crippen LogP contribution in [0.4, 0.5) is 0 Å². The summed E-state index contributed by atoms with van der Waals surface area (Å²) in [5, 5.41) is 7.38. The minimum atomic E-state index is -0.186. The molecule has 11 aromatic rings. The fraction of sp³-hybridized carbons (Fsp3) is 0.0588. The highest BCUT2D eigenvalue weighted by molar-refractivity contribution is 6.26. The van der Waals surface area contributed by atoms with Gasteiger partial charge < -0.3 is 13.6 Å². The second-order valence-corrected chi connectivity index (χ2v) is 15.3. The van der Waals surface area contributed by atoms with Crippen molar-refractivity contribution in [1.82, 2.24) is 9.13 Å². The highest BCUT2D eigenvalue weighted by Crippen LogP contribution is 2.51. The van der Waals surface area contributed by atoms with Crippen LogP contribution >= 0.6 is 0 Å². The fourth-order valence-electron chi connectivity index (χ4n) is 9.58. The lowest BCUT2D eigenvalue weighted by Gasteiger charge is -2.23. The molecule has 8 aromatic carbocycles. The van der Waals surface area contributed by atoms with Crippen LogP contribution in [0.2, 0.25) is 0 Å². The Balaban J connectivity index is 1.05. The van der Waals surface area contributed by atoms with Crippen molar-refractivity contribution in [3.8, 4) is 33.6 Å². The fourth-order valence-corrected chi connectivity index (χ4v) is 9.58. The molecule has 0 N–H and O–H groups in total. The van der Waals surface area contributed by atoms with Crippen molar-refractivity contribution >= 4 is 65.6 Å². The Labute approximate surface area is 311 Å². The van der Waals surface area contributed by atoms with Gasteiger partial charge in [0.05, 0.1) is 22.1 Å². The smallest absolute Gasteiger partial charge is 0.135 e. The zero-order valence-electron chi connectivity index (χ0n) is 30.0. The minimum absolute atomic E-state index is 0.186. The average molecular weight is 691 g/mol. The normalized spacial score (nSPS) is 13.5. The molecule has 0 saturated heterocycles. The van der Waals surface area contributed by atoms with Gasteiger partial charge in [-0.15, -0.1) is 0 Å². The molecule has 1 aliphatic carbocycles. The van der Waals surface area contributed by atoms with Crippen LogP contribution in [-0.2, 0) is 5.41 Å². The largest absolute Gasteiger partial charge is 0.456 e. The van der Waals surface area contributed by atoms with Crippen molar-refractivity contribution in [1.29, 1.82) is 0 Å². The average Bonchev–Trinajstić information content (AvgIpc) is 3.93. The maximum absolute atomic E-state index is 6.15. The van der Waals surface area contributed by atoms with E-state index in [0.29, 0.717) is 0 Å². The highest BCUT2D eigenvalue weighted by Gasteiger charge is 2.36. The van der Waals surface area contributed by atoms with Crippen molar-refractivity contribution in [2.75, 3.05) is 0 Å². The summed E-state index contributed by atoms with van der Waals surface area (Å²) in [6.45, 7) is 4.76. The molecule has 0 unspecified atom stereocenters. The monoisotopic (exact) mass is 690 g/mol. The van der Waals surface area contributed by atoms with Crippen molar-refractivity contribution in [2.45, 2.75) is 19.3 Å². The Morgan fingerprint density at radius 1 is 0.407 bits per heavy atom. The van der Waals surface area contributed by atoms with Gasteiger partial charge >= 0.3 is 0 Å². The van der Waals surface area contributed by atoms with Crippen molar-refractivity contribution in [3.63, 3.8) is 0 Å². The van der Waals surface area contributed by atoms with Crippen LogP contribution in [0.3, 0.4) is 0 Å². The Morgan fingerprint density at radius 2 is 1.04 bits per heavy atom. The van der Waals surface area contributed by atoms with E-state index in [9.17, 15) is 0 Å². The molecule has 0 bridgehead atoms. The SMILES string of the molecule is CC1(C)c2cc(-c3ccc4oc5ccccc5c4c3)ccc2-c2ccc(-n3c4ccccc4c4c3ccc3c5ccccc5n(-c5ccccc5)c34)cc21. The molecule has 0 atom stereocenters. The van der Waals surface area contributed by atoms with Gasteiger partial charge in [0.2, 0.25) is 0 Å². The van der Waals surface area contributed by atoms with Crippen LogP contribution in [0.1, 0.15) is 25.0 Å². The number of benzene rings is 8. The number of rotatable bonds is 3. The maximum Gasteiger partial charge on any atom is 0.135 e. The van der Waals surface area contributed by atoms with Gasteiger partial charge in [0.15, 0.2) is 0 Å². The topological polar surface area (TPSA) is 23.0 Å². The van der Waals surface area contributed by atoms with Gasteiger partial charge in [0.25, 0.3) is 0 Å². The van der Waals surface area contributed by atoms with E-state index in [-0.39, 0.29) is 5.41 Å². The van der Waals surface area contributed by atoms with Crippen molar-refractivity contribution in [3.05, 3.63) is 181 Å². The van der Waals surface area contributed by atoms with E-state index in [1.807, 2.05) is 12.1 Å². The second-order valence-electron chi connectivity index (χ2n) is 15.3. The van der Waals surface area contributed by atoms with Crippen LogP contribution < -0.4 is 0 Å². The van der Waals surface area contributed by atoms with E-state index < -0.39 is 0 Å². The molecule has 3 aromatic heterocycles. The second kappa shape index (κ2) is 10.6. The number of furan rings is 1. The van der Waals surface area contributed by atoms with Gasteiger partial charge in [0.1, 0.15) is 11.2 Å². The third-order valence-electron chi connectivity index (χ3n) is 12.1. The quantitative estimate of drug-likeness (QED) is 0.181. The predicted octanol–water partition coefficient (Wildman–Crippen LogP) is 13.8. The van der Waals surface area contributed by atoms with E-state index in [0.717, 1.165) is 21.9 Å². The molecule has 3 nitrogen and oxygen atoms in total. The molecule has 254 valence electrons. The summed E-state index contributed by atoms with van der Waals surface area (Å²) < 4.78 is 11.1. The van der Waals surface area contributed by atoms with Gasteiger partial charge in [-0.25, -0.2) is 0 Å². The molecule has 0 amide bonds. The zero-order valence-corrected chi connectivity index (χ0v) is 30.0.